The molecule has 0 spiro atoms. The van der Waals surface area contributed by atoms with Crippen molar-refractivity contribution in [1.29, 1.82) is 0 Å². The Morgan fingerprint density at radius 3 is 2.79 bits per heavy atom. The highest BCUT2D eigenvalue weighted by molar-refractivity contribution is 7.22. The summed E-state index contributed by atoms with van der Waals surface area (Å²) in [6.07, 6.45) is 3.31. The predicted octanol–water partition coefficient (Wildman–Crippen LogP) is 0.991. The summed E-state index contributed by atoms with van der Waals surface area (Å²) < 4.78 is 7.25. The molecule has 2 amide bonds. The number of nitrogens with one attached hydrogen (secondary N) is 2. The molecule has 5 rings (SSSR count). The minimum Gasteiger partial charge on any atom is -0.378 e. The van der Waals surface area contributed by atoms with Crippen LogP contribution in [-0.4, -0.2) is 62.8 Å². The zero-order valence-corrected chi connectivity index (χ0v) is 16.2. The monoisotopic (exact) mass is 414 g/mol. The van der Waals surface area contributed by atoms with Crippen molar-refractivity contribution in [2.24, 2.45) is 5.92 Å². The first-order valence-electron chi connectivity index (χ1n) is 9.36. The van der Waals surface area contributed by atoms with Gasteiger partial charge in [-0.15, -0.1) is 0 Å². The SMILES string of the molecule is O=C(Nc1nc2[nH]nc(-n3cc(C(=O)N4CCOCC4)ccc3=O)c2s1)C1CC1. The molecule has 150 valence electrons. The zero-order valence-electron chi connectivity index (χ0n) is 15.4. The van der Waals surface area contributed by atoms with Gasteiger partial charge in [0.25, 0.3) is 11.5 Å². The van der Waals surface area contributed by atoms with Crippen molar-refractivity contribution in [3.8, 4) is 5.82 Å². The first-order chi connectivity index (χ1) is 14.1. The molecule has 2 N–H and O–H groups in total. The summed E-state index contributed by atoms with van der Waals surface area (Å²) >= 11 is 1.24. The van der Waals surface area contributed by atoms with Gasteiger partial charge in [-0.1, -0.05) is 11.3 Å². The second kappa shape index (κ2) is 7.08. The number of aromatic nitrogens is 4. The molecule has 1 aliphatic heterocycles. The van der Waals surface area contributed by atoms with E-state index in [-0.39, 0.29) is 23.3 Å². The molecule has 10 nitrogen and oxygen atoms in total. The van der Waals surface area contributed by atoms with Crippen LogP contribution in [0.25, 0.3) is 16.2 Å². The molecule has 29 heavy (non-hydrogen) atoms. The van der Waals surface area contributed by atoms with E-state index in [0.717, 1.165) is 12.8 Å². The first kappa shape index (κ1) is 18.0. The molecule has 0 bridgehead atoms. The van der Waals surface area contributed by atoms with Gasteiger partial charge in [0, 0.05) is 31.3 Å². The normalized spacial score (nSPS) is 16.9. The molecule has 0 unspecified atom stereocenters. The fraction of sp³-hybridized carbons (Fsp3) is 0.389. The van der Waals surface area contributed by atoms with E-state index >= 15 is 0 Å². The molecule has 1 saturated carbocycles. The summed E-state index contributed by atoms with van der Waals surface area (Å²) in [7, 11) is 0. The van der Waals surface area contributed by atoms with Gasteiger partial charge in [0.2, 0.25) is 5.91 Å². The number of hydrogen-bond acceptors (Lipinski definition) is 7. The van der Waals surface area contributed by atoms with Crippen molar-refractivity contribution >= 4 is 38.6 Å². The van der Waals surface area contributed by atoms with Crippen molar-refractivity contribution in [2.75, 3.05) is 31.6 Å². The lowest BCUT2D eigenvalue weighted by atomic mass is 10.2. The predicted molar refractivity (Wildman–Crippen MR) is 105 cm³/mol. The summed E-state index contributed by atoms with van der Waals surface area (Å²) in [4.78, 5) is 43.2. The van der Waals surface area contributed by atoms with Gasteiger partial charge < -0.3 is 15.0 Å². The number of nitrogens with zero attached hydrogens (tertiary/aromatic N) is 4. The van der Waals surface area contributed by atoms with Crippen molar-refractivity contribution in [2.45, 2.75) is 12.8 Å². The lowest BCUT2D eigenvalue weighted by Crippen LogP contribution is -2.41. The molecule has 2 aliphatic rings. The van der Waals surface area contributed by atoms with E-state index in [1.54, 1.807) is 4.90 Å². The Kier molecular flexibility index (Phi) is 4.40. The highest BCUT2D eigenvalue weighted by Gasteiger charge is 2.30. The molecule has 11 heteroatoms. The number of morpholine rings is 1. The van der Waals surface area contributed by atoms with Crippen LogP contribution < -0.4 is 10.9 Å². The molecule has 2 fully saturated rings. The topological polar surface area (TPSA) is 122 Å². The molecular weight excluding hydrogens is 396 g/mol. The summed E-state index contributed by atoms with van der Waals surface area (Å²) in [6, 6.07) is 2.87. The Labute approximate surface area is 168 Å². The number of fused-ring (bicyclic) bond motifs is 1. The maximum atomic E-state index is 12.8. The Morgan fingerprint density at radius 2 is 2.03 bits per heavy atom. The summed E-state index contributed by atoms with van der Waals surface area (Å²) in [5, 5.41) is 10.3. The number of H-pyrrole nitrogens is 1. The number of carbonyl (C=O) groups is 2. The third-order valence-corrected chi connectivity index (χ3v) is 5.93. The van der Waals surface area contributed by atoms with Gasteiger partial charge in [0.05, 0.1) is 18.8 Å². The second-order valence-corrected chi connectivity index (χ2v) is 8.04. The number of amides is 2. The maximum absolute atomic E-state index is 12.8. The van der Waals surface area contributed by atoms with Crippen LogP contribution in [0.4, 0.5) is 5.13 Å². The Balaban J connectivity index is 1.47. The molecular formula is C18H18N6O4S. The van der Waals surface area contributed by atoms with Gasteiger partial charge >= 0.3 is 0 Å². The minimum atomic E-state index is -0.311. The van der Waals surface area contributed by atoms with E-state index in [9.17, 15) is 14.4 Å². The smallest absolute Gasteiger partial charge is 0.256 e. The zero-order chi connectivity index (χ0) is 20.0. The van der Waals surface area contributed by atoms with Crippen LogP contribution in [0, 0.1) is 5.92 Å². The van der Waals surface area contributed by atoms with Gasteiger partial charge in [-0.05, 0) is 18.9 Å². The Morgan fingerprint density at radius 1 is 1.24 bits per heavy atom. The highest BCUT2D eigenvalue weighted by Crippen LogP contribution is 2.33. The van der Waals surface area contributed by atoms with Gasteiger partial charge in [-0.2, -0.15) is 5.10 Å². The van der Waals surface area contributed by atoms with E-state index in [4.69, 9.17) is 4.74 Å². The van der Waals surface area contributed by atoms with E-state index in [2.05, 4.69) is 20.5 Å². The third-order valence-electron chi connectivity index (χ3n) is 4.96. The number of pyridine rings is 1. The molecule has 1 aliphatic carbocycles. The molecule has 4 heterocycles. The fourth-order valence-corrected chi connectivity index (χ4v) is 4.11. The lowest BCUT2D eigenvalue weighted by Gasteiger charge is -2.26. The quantitative estimate of drug-likeness (QED) is 0.657. The van der Waals surface area contributed by atoms with E-state index in [1.165, 1.54) is 34.2 Å². The third kappa shape index (κ3) is 3.42. The van der Waals surface area contributed by atoms with Gasteiger partial charge in [0.1, 0.15) is 4.70 Å². The summed E-state index contributed by atoms with van der Waals surface area (Å²) in [5.74, 6) is 0.230. The average molecular weight is 414 g/mol. The summed E-state index contributed by atoms with van der Waals surface area (Å²) in [5.41, 5.74) is 0.566. The van der Waals surface area contributed by atoms with Crippen LogP contribution in [0.2, 0.25) is 0 Å². The Hall–Kier alpha value is -3.05. The number of thiazole rings is 1. The van der Waals surface area contributed by atoms with E-state index in [1.807, 2.05) is 0 Å². The second-order valence-electron chi connectivity index (χ2n) is 7.04. The minimum absolute atomic E-state index is 0.0359. The van der Waals surface area contributed by atoms with Crippen LogP contribution in [0.3, 0.4) is 0 Å². The average Bonchev–Trinajstić information content (AvgIpc) is 3.42. The van der Waals surface area contributed by atoms with Gasteiger partial charge in [0.15, 0.2) is 16.6 Å². The van der Waals surface area contributed by atoms with Gasteiger partial charge in [-0.25, -0.2) is 4.98 Å². The first-order valence-corrected chi connectivity index (χ1v) is 10.2. The van der Waals surface area contributed by atoms with E-state index in [0.29, 0.717) is 53.2 Å². The number of anilines is 1. The van der Waals surface area contributed by atoms with Crippen LogP contribution in [0.15, 0.2) is 23.1 Å². The van der Waals surface area contributed by atoms with E-state index < -0.39 is 0 Å². The Bertz CT molecular complexity index is 1150. The number of carbonyl (C=O) groups excluding carboxylic acids is 2. The molecule has 0 radical (unpaired) electrons. The summed E-state index contributed by atoms with van der Waals surface area (Å²) in [6.45, 7) is 2.04. The maximum Gasteiger partial charge on any atom is 0.256 e. The number of rotatable bonds is 4. The van der Waals surface area contributed by atoms with Crippen LogP contribution in [0.5, 0.6) is 0 Å². The van der Waals surface area contributed by atoms with Crippen LogP contribution in [-0.2, 0) is 9.53 Å². The van der Waals surface area contributed by atoms with Crippen molar-refractivity contribution < 1.29 is 14.3 Å². The molecule has 0 aromatic carbocycles. The molecule has 0 atom stereocenters. The van der Waals surface area contributed by atoms with Crippen molar-refractivity contribution in [3.05, 3.63) is 34.2 Å². The van der Waals surface area contributed by atoms with Crippen molar-refractivity contribution in [3.63, 3.8) is 0 Å². The number of hydrogen-bond donors (Lipinski definition) is 2. The lowest BCUT2D eigenvalue weighted by molar-refractivity contribution is -0.117. The standard InChI is InChI=1S/C18H18N6O4S/c25-12-4-3-11(17(27)23-5-7-28-8-6-23)9-24(12)15-13-14(21-22-15)19-18(29-13)20-16(26)10-1-2-10/h3-4,9-10H,1-2,5-8H2,(H2,19,20,21,22,26). The fourth-order valence-electron chi connectivity index (χ4n) is 3.20. The highest BCUT2D eigenvalue weighted by atomic mass is 32.1. The molecule has 1 saturated heterocycles. The number of ether oxygens (including phenoxy) is 1. The largest absolute Gasteiger partial charge is 0.378 e. The van der Waals surface area contributed by atoms with Gasteiger partial charge in [-0.3, -0.25) is 24.0 Å². The molecule has 3 aromatic rings. The van der Waals surface area contributed by atoms with Crippen molar-refractivity contribution in [1.82, 2.24) is 24.6 Å². The number of aromatic amines is 1. The van der Waals surface area contributed by atoms with Crippen LogP contribution in [0.1, 0.15) is 23.2 Å². The molecule has 3 aromatic heterocycles. The van der Waals surface area contributed by atoms with Crippen LogP contribution >= 0.6 is 11.3 Å².